The summed E-state index contributed by atoms with van der Waals surface area (Å²) >= 11 is 0. The Morgan fingerprint density at radius 2 is 1.91 bits per heavy atom. The van der Waals surface area contributed by atoms with Crippen LogP contribution in [-0.2, 0) is 5.41 Å². The molecule has 0 radical (unpaired) electrons. The van der Waals surface area contributed by atoms with Crippen LogP contribution in [0.2, 0.25) is 0 Å². The zero-order chi connectivity index (χ0) is 15.2. The van der Waals surface area contributed by atoms with Crippen LogP contribution in [0.5, 0.6) is 0 Å². The lowest BCUT2D eigenvalue weighted by Crippen LogP contribution is -2.36. The van der Waals surface area contributed by atoms with Gasteiger partial charge in [-0.1, -0.05) is 31.0 Å². The van der Waals surface area contributed by atoms with Gasteiger partial charge in [-0.2, -0.15) is 5.10 Å². The van der Waals surface area contributed by atoms with Crippen LogP contribution in [0.4, 0.5) is 5.69 Å². The van der Waals surface area contributed by atoms with Crippen LogP contribution in [0.1, 0.15) is 41.7 Å². The number of benzene rings is 1. The van der Waals surface area contributed by atoms with E-state index in [4.69, 9.17) is 0 Å². The second-order valence-electron chi connectivity index (χ2n) is 6.20. The lowest BCUT2D eigenvalue weighted by molar-refractivity contribution is 0.0979. The number of hydrogen-bond donors (Lipinski definition) is 1. The Hall–Kier alpha value is -2.43. The molecule has 0 saturated heterocycles. The molecule has 0 atom stereocenters. The molecule has 1 aromatic heterocycles. The van der Waals surface area contributed by atoms with E-state index in [1.165, 1.54) is 30.5 Å². The lowest BCUT2D eigenvalue weighted by Gasteiger charge is -2.24. The molecule has 4 rings (SSSR count). The number of nitrogens with zero attached hydrogens (tertiary/aromatic N) is 2. The molecule has 2 aliphatic rings. The van der Waals surface area contributed by atoms with Crippen LogP contribution in [-0.4, -0.2) is 22.6 Å². The number of nitrogens with one attached hydrogen (secondary N) is 1. The molecule has 1 aliphatic heterocycles. The van der Waals surface area contributed by atoms with Gasteiger partial charge >= 0.3 is 0 Å². The van der Waals surface area contributed by atoms with Crippen molar-refractivity contribution in [3.63, 3.8) is 0 Å². The Labute approximate surface area is 128 Å². The number of aromatic amines is 1. The summed E-state index contributed by atoms with van der Waals surface area (Å²) in [5, 5.41) is 6.22. The summed E-state index contributed by atoms with van der Waals surface area (Å²) in [6.45, 7) is 0.714. The van der Waals surface area contributed by atoms with E-state index in [0.29, 0.717) is 6.54 Å². The normalized spacial score (nSPS) is 18.6. The van der Waals surface area contributed by atoms with Gasteiger partial charge in [0.15, 0.2) is 0 Å². The Balaban J connectivity index is 1.75. The number of carbonyl (C=O) groups excluding carboxylic acids is 1. The van der Waals surface area contributed by atoms with Gasteiger partial charge in [0.05, 0.1) is 0 Å². The number of H-pyrrole nitrogens is 1. The fourth-order valence-corrected chi connectivity index (χ4v) is 3.89. The molecule has 1 saturated carbocycles. The zero-order valence-corrected chi connectivity index (χ0v) is 12.2. The van der Waals surface area contributed by atoms with Crippen LogP contribution in [0.3, 0.4) is 0 Å². The molecule has 2 aromatic rings. The second-order valence-corrected chi connectivity index (χ2v) is 6.20. The molecule has 1 fully saturated rings. The average Bonchev–Trinajstić information content (AvgIpc) is 3.15. The minimum Gasteiger partial charge on any atom is -0.306 e. The molecule has 2 heterocycles. The lowest BCUT2D eigenvalue weighted by atomic mass is 9.81. The molecule has 1 spiro atoms. The molecule has 22 heavy (non-hydrogen) atoms. The van der Waals surface area contributed by atoms with E-state index in [2.05, 4.69) is 16.3 Å². The maximum atomic E-state index is 12.8. The highest BCUT2D eigenvalue weighted by Crippen LogP contribution is 2.50. The van der Waals surface area contributed by atoms with E-state index in [1.54, 1.807) is 0 Å². The van der Waals surface area contributed by atoms with E-state index in [0.717, 1.165) is 18.5 Å². The Bertz CT molecular complexity index is 770. The molecule has 1 amide bonds. The molecule has 5 heteroatoms. The van der Waals surface area contributed by atoms with Gasteiger partial charge in [-0.05, 0) is 30.5 Å². The minimum atomic E-state index is -0.300. The quantitative estimate of drug-likeness (QED) is 0.877. The van der Waals surface area contributed by atoms with Crippen molar-refractivity contribution in [1.82, 2.24) is 10.2 Å². The van der Waals surface area contributed by atoms with Gasteiger partial charge < -0.3 is 4.90 Å². The maximum Gasteiger partial charge on any atom is 0.278 e. The fraction of sp³-hybridized carbons (Fsp3) is 0.353. The summed E-state index contributed by atoms with van der Waals surface area (Å²) in [5.41, 5.74) is 2.36. The van der Waals surface area contributed by atoms with Gasteiger partial charge in [0.25, 0.3) is 11.5 Å². The highest BCUT2D eigenvalue weighted by molar-refractivity contribution is 6.06. The second kappa shape index (κ2) is 4.80. The van der Waals surface area contributed by atoms with Crippen LogP contribution in [0.15, 0.2) is 41.2 Å². The molecule has 1 N–H and O–H groups in total. The summed E-state index contributed by atoms with van der Waals surface area (Å²) in [4.78, 5) is 25.7. The van der Waals surface area contributed by atoms with Gasteiger partial charge in [-0.3, -0.25) is 9.59 Å². The number of fused-ring (bicyclic) bond motifs is 2. The van der Waals surface area contributed by atoms with Crippen LogP contribution in [0.25, 0.3) is 0 Å². The molecule has 0 bridgehead atoms. The monoisotopic (exact) mass is 295 g/mol. The molecule has 5 nitrogen and oxygen atoms in total. The Kier molecular flexibility index (Phi) is 2.89. The van der Waals surface area contributed by atoms with Crippen molar-refractivity contribution in [3.05, 3.63) is 58.0 Å². The van der Waals surface area contributed by atoms with Crippen LogP contribution in [0, 0.1) is 0 Å². The first-order valence-electron chi connectivity index (χ1n) is 7.67. The summed E-state index contributed by atoms with van der Waals surface area (Å²) < 4.78 is 0. The third-order valence-corrected chi connectivity index (χ3v) is 4.93. The van der Waals surface area contributed by atoms with Crippen molar-refractivity contribution in [3.8, 4) is 0 Å². The summed E-state index contributed by atoms with van der Waals surface area (Å²) in [5.74, 6) is -0.146. The predicted molar refractivity (Wildman–Crippen MR) is 83.1 cm³/mol. The number of para-hydroxylation sites is 1. The smallest absolute Gasteiger partial charge is 0.278 e. The van der Waals surface area contributed by atoms with Crippen molar-refractivity contribution in [2.24, 2.45) is 0 Å². The first-order chi connectivity index (χ1) is 10.7. The number of carbonyl (C=O) groups is 1. The van der Waals surface area contributed by atoms with Crippen molar-refractivity contribution < 1.29 is 4.79 Å². The summed E-state index contributed by atoms with van der Waals surface area (Å²) in [6, 6.07) is 11.0. The number of anilines is 1. The van der Waals surface area contributed by atoms with Gasteiger partial charge in [0.2, 0.25) is 0 Å². The highest BCUT2D eigenvalue weighted by Gasteiger charge is 2.46. The third-order valence-electron chi connectivity index (χ3n) is 4.93. The summed E-state index contributed by atoms with van der Waals surface area (Å²) in [7, 11) is 0. The summed E-state index contributed by atoms with van der Waals surface area (Å²) in [6.07, 6.45) is 4.69. The number of rotatable bonds is 1. The average molecular weight is 295 g/mol. The molecule has 1 aliphatic carbocycles. The SMILES string of the molecule is O=C(c1ccc(=O)[nH]n1)N1CC2(CCCC2)c2ccccc21. The highest BCUT2D eigenvalue weighted by atomic mass is 16.2. The number of amides is 1. The first kappa shape index (κ1) is 13.2. The van der Waals surface area contributed by atoms with Crippen molar-refractivity contribution in [2.45, 2.75) is 31.1 Å². The van der Waals surface area contributed by atoms with Gasteiger partial charge in [0.1, 0.15) is 5.69 Å². The zero-order valence-electron chi connectivity index (χ0n) is 12.2. The van der Waals surface area contributed by atoms with E-state index < -0.39 is 0 Å². The van der Waals surface area contributed by atoms with Crippen molar-refractivity contribution in [1.29, 1.82) is 0 Å². The van der Waals surface area contributed by atoms with Crippen molar-refractivity contribution >= 4 is 11.6 Å². The third kappa shape index (κ3) is 1.89. The van der Waals surface area contributed by atoms with E-state index in [-0.39, 0.29) is 22.6 Å². The van der Waals surface area contributed by atoms with Gasteiger partial charge in [-0.25, -0.2) is 5.10 Å². The number of aromatic nitrogens is 2. The Morgan fingerprint density at radius 3 is 2.64 bits per heavy atom. The standard InChI is InChI=1S/C17H17N3O2/c21-15-8-7-13(18-19-15)16(22)20-11-17(9-3-4-10-17)12-5-1-2-6-14(12)20/h1-2,5-8H,3-4,9-11H2,(H,19,21). The maximum absolute atomic E-state index is 12.8. The van der Waals surface area contributed by atoms with Crippen LogP contribution >= 0.6 is 0 Å². The molecule has 112 valence electrons. The van der Waals surface area contributed by atoms with Gasteiger partial charge in [0, 0.05) is 23.7 Å². The topological polar surface area (TPSA) is 66.1 Å². The van der Waals surface area contributed by atoms with Crippen LogP contribution < -0.4 is 10.5 Å². The van der Waals surface area contributed by atoms with E-state index in [1.807, 2.05) is 23.1 Å². The first-order valence-corrected chi connectivity index (χ1v) is 7.67. The molecule has 0 unspecified atom stereocenters. The Morgan fingerprint density at radius 1 is 1.14 bits per heavy atom. The van der Waals surface area contributed by atoms with Crippen molar-refractivity contribution in [2.75, 3.05) is 11.4 Å². The molecular weight excluding hydrogens is 278 g/mol. The molecule has 1 aromatic carbocycles. The minimum absolute atomic E-state index is 0.106. The fourth-order valence-electron chi connectivity index (χ4n) is 3.89. The van der Waals surface area contributed by atoms with E-state index in [9.17, 15) is 9.59 Å². The molecular formula is C17H17N3O2. The largest absolute Gasteiger partial charge is 0.306 e. The van der Waals surface area contributed by atoms with Gasteiger partial charge in [-0.15, -0.1) is 0 Å². The number of hydrogen-bond acceptors (Lipinski definition) is 3. The van der Waals surface area contributed by atoms with E-state index >= 15 is 0 Å². The predicted octanol–water partition coefficient (Wildman–Crippen LogP) is 2.24.